The fourth-order valence-corrected chi connectivity index (χ4v) is 3.48. The van der Waals surface area contributed by atoms with E-state index in [0.717, 1.165) is 30.0 Å². The van der Waals surface area contributed by atoms with Gasteiger partial charge in [-0.2, -0.15) is 0 Å². The molecule has 1 saturated heterocycles. The molecule has 0 spiro atoms. The Labute approximate surface area is 160 Å². The van der Waals surface area contributed by atoms with E-state index in [1.807, 2.05) is 24.3 Å². The molecule has 1 aliphatic rings. The van der Waals surface area contributed by atoms with Crippen LogP contribution in [0.1, 0.15) is 18.4 Å². The number of carbonyl (C=O) groups is 1. The van der Waals surface area contributed by atoms with Crippen LogP contribution in [0.15, 0.2) is 36.4 Å². The van der Waals surface area contributed by atoms with Crippen LogP contribution < -0.4 is 24.4 Å². The molecule has 1 heterocycles. The van der Waals surface area contributed by atoms with Gasteiger partial charge in [-0.25, -0.2) is 0 Å². The van der Waals surface area contributed by atoms with Crippen LogP contribution in [0.5, 0.6) is 17.2 Å². The first-order valence-corrected chi connectivity index (χ1v) is 9.09. The maximum absolute atomic E-state index is 12.7. The summed E-state index contributed by atoms with van der Waals surface area (Å²) in [4.78, 5) is 15.0. The van der Waals surface area contributed by atoms with Crippen molar-refractivity contribution in [1.82, 2.24) is 0 Å². The van der Waals surface area contributed by atoms with E-state index >= 15 is 0 Å². The van der Waals surface area contributed by atoms with Gasteiger partial charge in [0, 0.05) is 18.7 Å². The van der Waals surface area contributed by atoms with Crippen molar-refractivity contribution in [1.29, 1.82) is 0 Å². The standard InChI is InChI=1S/C21H26N2O4/c1-25-18-11-10-15(20(26-2)21(18)27-3)14-19(24)22-16-8-4-5-9-17(16)23-12-6-7-13-23/h4-5,8-11H,6-7,12-14H2,1-3H3,(H,22,24). The fourth-order valence-electron chi connectivity index (χ4n) is 3.48. The minimum atomic E-state index is -0.104. The highest BCUT2D eigenvalue weighted by atomic mass is 16.5. The van der Waals surface area contributed by atoms with Crippen molar-refractivity contribution < 1.29 is 19.0 Å². The Kier molecular flexibility index (Phi) is 6.06. The molecule has 27 heavy (non-hydrogen) atoms. The third-order valence-electron chi connectivity index (χ3n) is 4.76. The van der Waals surface area contributed by atoms with Gasteiger partial charge in [0.05, 0.1) is 39.1 Å². The molecular weight excluding hydrogens is 344 g/mol. The molecule has 2 aromatic rings. The predicted molar refractivity (Wildman–Crippen MR) is 106 cm³/mol. The Balaban J connectivity index is 1.79. The van der Waals surface area contributed by atoms with Crippen molar-refractivity contribution in [2.24, 2.45) is 0 Å². The number of amides is 1. The highest BCUT2D eigenvalue weighted by molar-refractivity contribution is 5.96. The Bertz CT molecular complexity index is 801. The van der Waals surface area contributed by atoms with E-state index in [1.165, 1.54) is 12.8 Å². The number of anilines is 2. The summed E-state index contributed by atoms with van der Waals surface area (Å²) in [6.45, 7) is 2.05. The highest BCUT2D eigenvalue weighted by Crippen LogP contribution is 2.40. The second-order valence-corrected chi connectivity index (χ2v) is 6.43. The topological polar surface area (TPSA) is 60.0 Å². The van der Waals surface area contributed by atoms with Crippen LogP contribution in [-0.2, 0) is 11.2 Å². The molecule has 2 aromatic carbocycles. The van der Waals surface area contributed by atoms with Gasteiger partial charge in [0.2, 0.25) is 11.7 Å². The minimum absolute atomic E-state index is 0.104. The first kappa shape index (κ1) is 18.9. The molecule has 0 aromatic heterocycles. The van der Waals surface area contributed by atoms with E-state index in [-0.39, 0.29) is 12.3 Å². The highest BCUT2D eigenvalue weighted by Gasteiger charge is 2.20. The maximum atomic E-state index is 12.7. The van der Waals surface area contributed by atoms with Crippen LogP contribution >= 0.6 is 0 Å². The molecule has 0 saturated carbocycles. The summed E-state index contributed by atoms with van der Waals surface area (Å²) in [5.74, 6) is 1.47. The van der Waals surface area contributed by atoms with E-state index in [2.05, 4.69) is 16.3 Å². The Morgan fingerprint density at radius 3 is 2.33 bits per heavy atom. The Morgan fingerprint density at radius 2 is 1.67 bits per heavy atom. The van der Waals surface area contributed by atoms with Gasteiger partial charge in [-0.3, -0.25) is 4.79 Å². The minimum Gasteiger partial charge on any atom is -0.493 e. The number of nitrogens with one attached hydrogen (secondary N) is 1. The second kappa shape index (κ2) is 8.66. The predicted octanol–water partition coefficient (Wildman–Crippen LogP) is 3.49. The molecule has 144 valence electrons. The molecule has 0 unspecified atom stereocenters. The third-order valence-corrected chi connectivity index (χ3v) is 4.76. The van der Waals surface area contributed by atoms with Crippen molar-refractivity contribution in [2.75, 3.05) is 44.6 Å². The van der Waals surface area contributed by atoms with Gasteiger partial charge < -0.3 is 24.4 Å². The molecule has 0 atom stereocenters. The smallest absolute Gasteiger partial charge is 0.228 e. The molecule has 6 nitrogen and oxygen atoms in total. The zero-order chi connectivity index (χ0) is 19.2. The largest absolute Gasteiger partial charge is 0.493 e. The second-order valence-electron chi connectivity index (χ2n) is 6.43. The summed E-state index contributed by atoms with van der Waals surface area (Å²) in [7, 11) is 4.68. The van der Waals surface area contributed by atoms with E-state index < -0.39 is 0 Å². The number of benzene rings is 2. The van der Waals surface area contributed by atoms with Gasteiger partial charge in [-0.15, -0.1) is 0 Å². The van der Waals surface area contributed by atoms with Crippen molar-refractivity contribution in [3.63, 3.8) is 0 Å². The first-order chi connectivity index (χ1) is 13.2. The summed E-state index contributed by atoms with van der Waals surface area (Å²) in [6, 6.07) is 11.5. The van der Waals surface area contributed by atoms with Gasteiger partial charge in [-0.1, -0.05) is 18.2 Å². The summed E-state index contributed by atoms with van der Waals surface area (Å²) >= 11 is 0. The lowest BCUT2D eigenvalue weighted by Crippen LogP contribution is -2.21. The summed E-state index contributed by atoms with van der Waals surface area (Å²) < 4.78 is 16.2. The number of carbonyl (C=O) groups excluding carboxylic acids is 1. The Morgan fingerprint density at radius 1 is 0.963 bits per heavy atom. The van der Waals surface area contributed by atoms with Crippen molar-refractivity contribution in [3.05, 3.63) is 42.0 Å². The van der Waals surface area contributed by atoms with Gasteiger partial charge in [-0.05, 0) is 31.0 Å². The molecule has 0 aliphatic carbocycles. The maximum Gasteiger partial charge on any atom is 0.228 e. The molecule has 1 fully saturated rings. The number of para-hydroxylation sites is 2. The van der Waals surface area contributed by atoms with Crippen LogP contribution in [0.3, 0.4) is 0 Å². The summed E-state index contributed by atoms with van der Waals surface area (Å²) in [5.41, 5.74) is 2.65. The third kappa shape index (κ3) is 4.10. The quantitative estimate of drug-likeness (QED) is 0.808. The number of rotatable bonds is 7. The summed E-state index contributed by atoms with van der Waals surface area (Å²) in [5, 5.41) is 3.05. The van der Waals surface area contributed by atoms with Crippen LogP contribution in [0, 0.1) is 0 Å². The molecule has 0 radical (unpaired) electrons. The first-order valence-electron chi connectivity index (χ1n) is 9.09. The Hall–Kier alpha value is -2.89. The van der Waals surface area contributed by atoms with Crippen LogP contribution in [0.4, 0.5) is 11.4 Å². The molecule has 1 N–H and O–H groups in total. The van der Waals surface area contributed by atoms with Crippen LogP contribution in [0.2, 0.25) is 0 Å². The average Bonchev–Trinajstić information content (AvgIpc) is 3.22. The average molecular weight is 370 g/mol. The van der Waals surface area contributed by atoms with E-state index in [4.69, 9.17) is 14.2 Å². The van der Waals surface area contributed by atoms with Gasteiger partial charge in [0.1, 0.15) is 0 Å². The number of methoxy groups -OCH3 is 3. The fraction of sp³-hybridized carbons (Fsp3) is 0.381. The SMILES string of the molecule is COc1ccc(CC(=O)Nc2ccccc2N2CCCC2)c(OC)c1OC. The molecule has 3 rings (SSSR count). The van der Waals surface area contributed by atoms with E-state index in [0.29, 0.717) is 17.2 Å². The van der Waals surface area contributed by atoms with Crippen LogP contribution in [-0.4, -0.2) is 40.3 Å². The van der Waals surface area contributed by atoms with Gasteiger partial charge in [0.25, 0.3) is 0 Å². The lowest BCUT2D eigenvalue weighted by molar-refractivity contribution is -0.115. The van der Waals surface area contributed by atoms with Crippen molar-refractivity contribution >= 4 is 17.3 Å². The zero-order valence-electron chi connectivity index (χ0n) is 16.1. The lowest BCUT2D eigenvalue weighted by Gasteiger charge is -2.21. The zero-order valence-corrected chi connectivity index (χ0v) is 16.1. The molecule has 1 amide bonds. The molecule has 1 aliphatic heterocycles. The van der Waals surface area contributed by atoms with Crippen LogP contribution in [0.25, 0.3) is 0 Å². The van der Waals surface area contributed by atoms with Gasteiger partial charge >= 0.3 is 0 Å². The number of hydrogen-bond donors (Lipinski definition) is 1. The van der Waals surface area contributed by atoms with E-state index in [1.54, 1.807) is 27.4 Å². The number of ether oxygens (including phenoxy) is 3. The van der Waals surface area contributed by atoms with E-state index in [9.17, 15) is 4.79 Å². The number of hydrogen-bond acceptors (Lipinski definition) is 5. The molecule has 6 heteroatoms. The van der Waals surface area contributed by atoms with Gasteiger partial charge in [0.15, 0.2) is 11.5 Å². The monoisotopic (exact) mass is 370 g/mol. The van der Waals surface area contributed by atoms with Crippen molar-refractivity contribution in [2.45, 2.75) is 19.3 Å². The lowest BCUT2D eigenvalue weighted by atomic mass is 10.1. The summed E-state index contributed by atoms with van der Waals surface area (Å²) in [6.07, 6.45) is 2.55. The normalized spacial score (nSPS) is 13.4. The molecule has 0 bridgehead atoms. The van der Waals surface area contributed by atoms with Crippen molar-refractivity contribution in [3.8, 4) is 17.2 Å². The number of nitrogens with zero attached hydrogens (tertiary/aromatic N) is 1. The molecular formula is C21H26N2O4.